The molecule has 4 saturated heterocycles. The van der Waals surface area contributed by atoms with Crippen LogP contribution in [0.2, 0.25) is 0 Å². The average molecular weight is 391 g/mol. The molecule has 4 heteroatoms. The molecule has 0 aromatic heterocycles. The van der Waals surface area contributed by atoms with Gasteiger partial charge in [-0.25, -0.2) is 0 Å². The van der Waals surface area contributed by atoms with Crippen molar-refractivity contribution in [1.29, 1.82) is 0 Å². The molecule has 0 spiro atoms. The first-order chi connectivity index (χ1) is 13.4. The predicted molar refractivity (Wildman–Crippen MR) is 119 cm³/mol. The number of fused-ring (bicyclic) bond motifs is 2. The first kappa shape index (κ1) is 21.1. The van der Waals surface area contributed by atoms with Crippen molar-refractivity contribution in [2.75, 3.05) is 32.7 Å². The molecule has 0 N–H and O–H groups in total. The second kappa shape index (κ2) is 8.53. The standard InChI is InChI=1S/C24H46N4/c1-17(2)25-15-21-9-12-28(24(21)16-25)20(6)8-7-19(5)27-14-11-22-23(27)10-13-26(22)18(3)4/h17-24H,7-16H2,1-6H3. The Bertz CT molecular complexity index is 511. The summed E-state index contributed by atoms with van der Waals surface area (Å²) in [4.78, 5) is 11.2. The van der Waals surface area contributed by atoms with E-state index in [4.69, 9.17) is 0 Å². The summed E-state index contributed by atoms with van der Waals surface area (Å²) in [6.45, 7) is 21.1. The molecule has 4 heterocycles. The molecule has 0 amide bonds. The first-order valence-corrected chi connectivity index (χ1v) is 12.4. The molecule has 4 rings (SSSR count). The smallest absolute Gasteiger partial charge is 0.0267 e. The summed E-state index contributed by atoms with van der Waals surface area (Å²) in [6.07, 6.45) is 6.95. The van der Waals surface area contributed by atoms with Gasteiger partial charge in [-0.3, -0.25) is 19.6 Å². The zero-order valence-electron chi connectivity index (χ0n) is 19.5. The van der Waals surface area contributed by atoms with Gasteiger partial charge in [0.15, 0.2) is 0 Å². The van der Waals surface area contributed by atoms with Crippen molar-refractivity contribution in [3.63, 3.8) is 0 Å². The average Bonchev–Trinajstić information content (AvgIpc) is 3.37. The lowest BCUT2D eigenvalue weighted by atomic mass is 10.0. The lowest BCUT2D eigenvalue weighted by Crippen LogP contribution is -2.44. The molecule has 0 bridgehead atoms. The number of hydrogen-bond donors (Lipinski definition) is 0. The van der Waals surface area contributed by atoms with Crippen LogP contribution in [0, 0.1) is 5.92 Å². The lowest BCUT2D eigenvalue weighted by molar-refractivity contribution is 0.132. The van der Waals surface area contributed by atoms with E-state index in [0.29, 0.717) is 12.1 Å². The van der Waals surface area contributed by atoms with Crippen LogP contribution in [0.5, 0.6) is 0 Å². The molecule has 4 nitrogen and oxygen atoms in total. The van der Waals surface area contributed by atoms with E-state index < -0.39 is 0 Å². The molecule has 162 valence electrons. The molecule has 4 aliphatic heterocycles. The van der Waals surface area contributed by atoms with Crippen LogP contribution >= 0.6 is 0 Å². The van der Waals surface area contributed by atoms with E-state index in [2.05, 4.69) is 61.1 Å². The van der Waals surface area contributed by atoms with Gasteiger partial charge in [-0.1, -0.05) is 0 Å². The van der Waals surface area contributed by atoms with E-state index in [1.54, 1.807) is 0 Å². The van der Waals surface area contributed by atoms with Gasteiger partial charge in [0.25, 0.3) is 0 Å². The maximum atomic E-state index is 2.88. The first-order valence-electron chi connectivity index (χ1n) is 12.4. The quantitative estimate of drug-likeness (QED) is 0.659. The molecule has 28 heavy (non-hydrogen) atoms. The van der Waals surface area contributed by atoms with Crippen LogP contribution in [0.25, 0.3) is 0 Å². The third-order valence-electron chi connectivity index (χ3n) is 8.81. The molecular weight excluding hydrogens is 344 g/mol. The molecule has 6 atom stereocenters. The number of likely N-dealkylation sites (tertiary alicyclic amines) is 4. The van der Waals surface area contributed by atoms with Gasteiger partial charge in [0, 0.05) is 68.5 Å². The van der Waals surface area contributed by atoms with E-state index in [1.807, 2.05) is 0 Å². The molecule has 0 saturated carbocycles. The molecule has 0 aromatic rings. The summed E-state index contributed by atoms with van der Waals surface area (Å²) in [6, 6.07) is 5.42. The van der Waals surface area contributed by atoms with Crippen molar-refractivity contribution >= 4 is 0 Å². The third kappa shape index (κ3) is 3.91. The summed E-state index contributed by atoms with van der Waals surface area (Å²) >= 11 is 0. The van der Waals surface area contributed by atoms with Crippen LogP contribution in [0.4, 0.5) is 0 Å². The van der Waals surface area contributed by atoms with Crippen molar-refractivity contribution in [3.8, 4) is 0 Å². The minimum Gasteiger partial charge on any atom is -0.299 e. The van der Waals surface area contributed by atoms with Crippen molar-refractivity contribution in [3.05, 3.63) is 0 Å². The van der Waals surface area contributed by atoms with Gasteiger partial charge in [0.1, 0.15) is 0 Å². The molecule has 0 aliphatic carbocycles. The van der Waals surface area contributed by atoms with Crippen LogP contribution in [0.15, 0.2) is 0 Å². The van der Waals surface area contributed by atoms with E-state index >= 15 is 0 Å². The minimum atomic E-state index is 0.711. The van der Waals surface area contributed by atoms with Gasteiger partial charge in [-0.05, 0) is 86.1 Å². The van der Waals surface area contributed by atoms with Crippen molar-refractivity contribution in [2.45, 2.75) is 116 Å². The molecule has 0 radical (unpaired) electrons. The van der Waals surface area contributed by atoms with Crippen molar-refractivity contribution < 1.29 is 0 Å². The van der Waals surface area contributed by atoms with Gasteiger partial charge in [0.05, 0.1) is 0 Å². The normalized spacial score (nSPS) is 37.3. The van der Waals surface area contributed by atoms with E-state index in [-0.39, 0.29) is 0 Å². The molecule has 6 unspecified atom stereocenters. The Hall–Kier alpha value is -0.160. The molecular formula is C24H46N4. The predicted octanol–water partition coefficient (Wildman–Crippen LogP) is 3.52. The lowest BCUT2D eigenvalue weighted by Gasteiger charge is -2.34. The van der Waals surface area contributed by atoms with E-state index in [0.717, 1.165) is 36.1 Å². The Balaban J connectivity index is 1.27. The van der Waals surface area contributed by atoms with E-state index in [9.17, 15) is 0 Å². The highest BCUT2D eigenvalue weighted by molar-refractivity contribution is 5.02. The Morgan fingerprint density at radius 3 is 1.75 bits per heavy atom. The van der Waals surface area contributed by atoms with Crippen molar-refractivity contribution in [2.24, 2.45) is 5.92 Å². The number of rotatable bonds is 7. The van der Waals surface area contributed by atoms with Gasteiger partial charge in [-0.2, -0.15) is 0 Å². The summed E-state index contributed by atoms with van der Waals surface area (Å²) in [5.74, 6) is 0.933. The Morgan fingerprint density at radius 2 is 1.14 bits per heavy atom. The topological polar surface area (TPSA) is 13.0 Å². The van der Waals surface area contributed by atoms with Gasteiger partial charge < -0.3 is 0 Å². The van der Waals surface area contributed by atoms with Gasteiger partial charge in [-0.15, -0.1) is 0 Å². The van der Waals surface area contributed by atoms with Crippen LogP contribution in [-0.2, 0) is 0 Å². The summed E-state index contributed by atoms with van der Waals surface area (Å²) in [7, 11) is 0. The fourth-order valence-corrected chi connectivity index (χ4v) is 7.05. The fraction of sp³-hybridized carbons (Fsp3) is 1.00. The highest BCUT2D eigenvalue weighted by atomic mass is 15.3. The zero-order chi connectivity index (χ0) is 20.0. The molecule has 4 fully saturated rings. The highest BCUT2D eigenvalue weighted by Crippen LogP contribution is 2.37. The maximum absolute atomic E-state index is 2.88. The molecule has 4 aliphatic rings. The monoisotopic (exact) mass is 390 g/mol. The Kier molecular flexibility index (Phi) is 6.42. The van der Waals surface area contributed by atoms with E-state index in [1.165, 1.54) is 64.8 Å². The van der Waals surface area contributed by atoms with Crippen LogP contribution < -0.4 is 0 Å². The largest absolute Gasteiger partial charge is 0.299 e. The minimum absolute atomic E-state index is 0.711. The van der Waals surface area contributed by atoms with Crippen LogP contribution in [0.3, 0.4) is 0 Å². The zero-order valence-corrected chi connectivity index (χ0v) is 19.5. The SMILES string of the molecule is CC(C)N1CC2CCN(C(C)CCC(C)N3CCC4C3CCN4C(C)C)C2C1. The summed E-state index contributed by atoms with van der Waals surface area (Å²) < 4.78 is 0. The van der Waals surface area contributed by atoms with Crippen molar-refractivity contribution in [1.82, 2.24) is 19.6 Å². The summed E-state index contributed by atoms with van der Waals surface area (Å²) in [5, 5.41) is 0. The third-order valence-corrected chi connectivity index (χ3v) is 8.81. The van der Waals surface area contributed by atoms with Gasteiger partial charge in [0.2, 0.25) is 0 Å². The molecule has 0 aromatic carbocycles. The second-order valence-electron chi connectivity index (χ2n) is 11.0. The Labute approximate surface area is 174 Å². The number of nitrogens with zero attached hydrogens (tertiary/aromatic N) is 4. The second-order valence-corrected chi connectivity index (χ2v) is 11.0. The van der Waals surface area contributed by atoms with Crippen LogP contribution in [0.1, 0.15) is 73.6 Å². The number of hydrogen-bond acceptors (Lipinski definition) is 4. The maximum Gasteiger partial charge on any atom is 0.0267 e. The Morgan fingerprint density at radius 1 is 0.607 bits per heavy atom. The van der Waals surface area contributed by atoms with Gasteiger partial charge >= 0.3 is 0 Å². The fourth-order valence-electron chi connectivity index (χ4n) is 7.05. The van der Waals surface area contributed by atoms with Crippen LogP contribution in [-0.4, -0.2) is 94.6 Å². The summed E-state index contributed by atoms with van der Waals surface area (Å²) in [5.41, 5.74) is 0. The highest BCUT2D eigenvalue weighted by Gasteiger charge is 2.45.